The number of carbonyl (C=O) groups is 1. The number of aromatic amines is 1. The van der Waals surface area contributed by atoms with Gasteiger partial charge in [0.1, 0.15) is 5.82 Å². The summed E-state index contributed by atoms with van der Waals surface area (Å²) in [6, 6.07) is 17.4. The van der Waals surface area contributed by atoms with E-state index in [2.05, 4.69) is 26.9 Å². The molecule has 9 heteroatoms. The Morgan fingerprint density at radius 3 is 2.49 bits per heavy atom. The molecule has 8 nitrogen and oxygen atoms in total. The standard InChI is InChI=1S/C30H27FN6O2/c1-36-12-14-37(15-13-36)27(38)16-19-2-6-22(7-3-19)34-29(20-4-9-24-26(17-20)33-11-10-32-24)28-23-8-5-21(31)18-25(23)35-30(28)39/h2-11,17-18,35,39H,12-16H2,1H3. The lowest BCUT2D eigenvalue weighted by molar-refractivity contribution is -0.132. The topological polar surface area (TPSA) is 97.7 Å². The van der Waals surface area contributed by atoms with Crippen molar-refractivity contribution in [2.24, 2.45) is 4.99 Å². The first-order chi connectivity index (χ1) is 18.9. The number of rotatable bonds is 5. The number of hydrogen-bond acceptors (Lipinski definition) is 6. The Bertz CT molecular complexity index is 1700. The zero-order valence-electron chi connectivity index (χ0n) is 21.4. The number of piperazine rings is 1. The van der Waals surface area contributed by atoms with Gasteiger partial charge in [0.25, 0.3) is 0 Å². The van der Waals surface area contributed by atoms with E-state index in [-0.39, 0.29) is 11.8 Å². The maximum Gasteiger partial charge on any atom is 0.227 e. The molecular weight excluding hydrogens is 495 g/mol. The number of H-pyrrole nitrogens is 1. The molecule has 39 heavy (non-hydrogen) atoms. The first-order valence-electron chi connectivity index (χ1n) is 12.8. The Morgan fingerprint density at radius 1 is 0.974 bits per heavy atom. The van der Waals surface area contributed by atoms with Crippen LogP contribution in [0, 0.1) is 5.82 Å². The Labute approximate surface area is 224 Å². The number of nitrogens with one attached hydrogen (secondary N) is 1. The van der Waals surface area contributed by atoms with Gasteiger partial charge in [-0.3, -0.25) is 14.8 Å². The van der Waals surface area contributed by atoms with Gasteiger partial charge in [-0.05, 0) is 55.1 Å². The normalized spacial score (nSPS) is 14.8. The van der Waals surface area contributed by atoms with Gasteiger partial charge in [0.2, 0.25) is 5.91 Å². The van der Waals surface area contributed by atoms with E-state index < -0.39 is 5.82 Å². The Morgan fingerprint density at radius 2 is 1.72 bits per heavy atom. The van der Waals surface area contributed by atoms with Gasteiger partial charge in [-0.25, -0.2) is 9.38 Å². The van der Waals surface area contributed by atoms with Crippen molar-refractivity contribution in [3.05, 3.63) is 95.6 Å². The van der Waals surface area contributed by atoms with Gasteiger partial charge in [0, 0.05) is 49.5 Å². The molecule has 0 bridgehead atoms. The number of aromatic nitrogens is 3. The van der Waals surface area contributed by atoms with Crippen LogP contribution in [0.1, 0.15) is 16.7 Å². The predicted molar refractivity (Wildman–Crippen MR) is 149 cm³/mol. The maximum absolute atomic E-state index is 13.9. The fraction of sp³-hybridized carbons (Fsp3) is 0.200. The molecule has 6 rings (SSSR count). The van der Waals surface area contributed by atoms with Gasteiger partial charge < -0.3 is 19.9 Å². The summed E-state index contributed by atoms with van der Waals surface area (Å²) in [7, 11) is 2.06. The molecule has 2 N–H and O–H groups in total. The van der Waals surface area contributed by atoms with E-state index in [0.717, 1.165) is 42.8 Å². The summed E-state index contributed by atoms with van der Waals surface area (Å²) in [5.74, 6) is -0.396. The van der Waals surface area contributed by atoms with Crippen molar-refractivity contribution in [1.29, 1.82) is 0 Å². The Kier molecular flexibility index (Phi) is 6.50. The van der Waals surface area contributed by atoms with Crippen molar-refractivity contribution in [3.8, 4) is 5.88 Å². The number of likely N-dealkylation sites (N-methyl/N-ethyl adjacent to an activating group) is 1. The fourth-order valence-corrected chi connectivity index (χ4v) is 4.93. The third kappa shape index (κ3) is 5.08. The molecule has 1 fully saturated rings. The van der Waals surface area contributed by atoms with E-state index in [9.17, 15) is 14.3 Å². The Hall–Kier alpha value is -4.63. The zero-order valence-corrected chi connectivity index (χ0v) is 21.4. The molecule has 5 aromatic rings. The van der Waals surface area contributed by atoms with E-state index >= 15 is 0 Å². The molecule has 0 unspecified atom stereocenters. The molecule has 3 aromatic carbocycles. The van der Waals surface area contributed by atoms with E-state index in [1.54, 1.807) is 18.5 Å². The van der Waals surface area contributed by atoms with Gasteiger partial charge in [0.05, 0.1) is 39.9 Å². The fourth-order valence-electron chi connectivity index (χ4n) is 4.93. The van der Waals surface area contributed by atoms with E-state index in [1.165, 1.54) is 12.1 Å². The third-order valence-electron chi connectivity index (χ3n) is 7.11. The Balaban J connectivity index is 1.37. The van der Waals surface area contributed by atoms with Crippen LogP contribution in [-0.2, 0) is 11.2 Å². The van der Waals surface area contributed by atoms with Crippen molar-refractivity contribution in [2.45, 2.75) is 6.42 Å². The van der Waals surface area contributed by atoms with Gasteiger partial charge in [-0.2, -0.15) is 0 Å². The van der Waals surface area contributed by atoms with Crippen LogP contribution in [0.2, 0.25) is 0 Å². The second-order valence-electron chi connectivity index (χ2n) is 9.79. The summed E-state index contributed by atoms with van der Waals surface area (Å²) in [4.78, 5) is 33.5. The van der Waals surface area contributed by atoms with Crippen molar-refractivity contribution in [3.63, 3.8) is 0 Å². The van der Waals surface area contributed by atoms with Crippen LogP contribution in [0.4, 0.5) is 10.1 Å². The molecule has 1 aliphatic heterocycles. The molecule has 3 heterocycles. The number of amides is 1. The van der Waals surface area contributed by atoms with Crippen LogP contribution in [-0.4, -0.2) is 74.7 Å². The van der Waals surface area contributed by atoms with Crippen molar-refractivity contribution < 1.29 is 14.3 Å². The molecule has 1 aliphatic rings. The average molecular weight is 523 g/mol. The minimum Gasteiger partial charge on any atom is -0.494 e. The summed E-state index contributed by atoms with van der Waals surface area (Å²) in [5, 5.41) is 11.5. The molecule has 0 spiro atoms. The monoisotopic (exact) mass is 522 g/mol. The lowest BCUT2D eigenvalue weighted by atomic mass is 10.00. The summed E-state index contributed by atoms with van der Waals surface area (Å²) in [5.41, 5.74) is 5.13. The first-order valence-corrected chi connectivity index (χ1v) is 12.8. The highest BCUT2D eigenvalue weighted by Gasteiger charge is 2.21. The molecule has 0 atom stereocenters. The quantitative estimate of drug-likeness (QED) is 0.333. The predicted octanol–water partition coefficient (Wildman–Crippen LogP) is 4.44. The summed E-state index contributed by atoms with van der Waals surface area (Å²) in [6.45, 7) is 3.26. The summed E-state index contributed by atoms with van der Waals surface area (Å²) in [6.07, 6.45) is 3.59. The number of aliphatic imine (C=N–C) groups is 1. The van der Waals surface area contributed by atoms with Gasteiger partial charge in [-0.15, -0.1) is 0 Å². The zero-order chi connectivity index (χ0) is 26.9. The number of halogens is 1. The third-order valence-corrected chi connectivity index (χ3v) is 7.11. The van der Waals surface area contributed by atoms with Crippen molar-refractivity contribution >= 4 is 39.2 Å². The SMILES string of the molecule is CN1CCN(C(=O)Cc2ccc(N=C(c3ccc4nccnc4c3)c3c(O)[nH]c4cc(F)ccc34)cc2)CC1. The van der Waals surface area contributed by atoms with Gasteiger partial charge >= 0.3 is 0 Å². The van der Waals surface area contributed by atoms with Gasteiger partial charge in [-0.1, -0.05) is 18.2 Å². The summed E-state index contributed by atoms with van der Waals surface area (Å²) < 4.78 is 13.9. The number of carbonyl (C=O) groups excluding carboxylic acids is 1. The maximum atomic E-state index is 13.9. The van der Waals surface area contributed by atoms with Gasteiger partial charge in [0.15, 0.2) is 5.88 Å². The minimum atomic E-state index is -0.406. The molecule has 196 valence electrons. The molecule has 2 aromatic heterocycles. The molecule has 1 saturated heterocycles. The molecular formula is C30H27FN6O2. The smallest absolute Gasteiger partial charge is 0.227 e. The van der Waals surface area contributed by atoms with Crippen LogP contribution < -0.4 is 0 Å². The van der Waals surface area contributed by atoms with Crippen LogP contribution in [0.15, 0.2) is 78.0 Å². The molecule has 0 aliphatic carbocycles. The number of hydrogen-bond donors (Lipinski definition) is 2. The van der Waals surface area contributed by atoms with E-state index in [4.69, 9.17) is 4.99 Å². The van der Waals surface area contributed by atoms with Crippen LogP contribution in [0.5, 0.6) is 5.88 Å². The second-order valence-corrected chi connectivity index (χ2v) is 9.79. The number of benzene rings is 3. The van der Waals surface area contributed by atoms with Crippen molar-refractivity contribution in [1.82, 2.24) is 24.8 Å². The van der Waals surface area contributed by atoms with Crippen LogP contribution in [0.3, 0.4) is 0 Å². The highest BCUT2D eigenvalue weighted by Crippen LogP contribution is 2.32. The lowest BCUT2D eigenvalue weighted by Gasteiger charge is -2.32. The lowest BCUT2D eigenvalue weighted by Crippen LogP contribution is -2.47. The second kappa shape index (κ2) is 10.3. The van der Waals surface area contributed by atoms with Crippen LogP contribution >= 0.6 is 0 Å². The summed E-state index contributed by atoms with van der Waals surface area (Å²) >= 11 is 0. The highest BCUT2D eigenvalue weighted by molar-refractivity contribution is 6.22. The largest absolute Gasteiger partial charge is 0.494 e. The molecule has 0 radical (unpaired) electrons. The first kappa shape index (κ1) is 24.7. The number of nitrogens with zero attached hydrogens (tertiary/aromatic N) is 5. The number of fused-ring (bicyclic) bond motifs is 2. The highest BCUT2D eigenvalue weighted by atomic mass is 19.1. The van der Waals surface area contributed by atoms with Crippen molar-refractivity contribution in [2.75, 3.05) is 33.2 Å². The minimum absolute atomic E-state index is 0.108. The average Bonchev–Trinajstić information content (AvgIpc) is 3.27. The molecule has 0 saturated carbocycles. The van der Waals surface area contributed by atoms with E-state index in [0.29, 0.717) is 39.8 Å². The molecule has 1 amide bonds. The van der Waals surface area contributed by atoms with E-state index in [1.807, 2.05) is 47.4 Å². The number of aromatic hydroxyl groups is 1. The van der Waals surface area contributed by atoms with Crippen LogP contribution in [0.25, 0.3) is 21.9 Å².